The van der Waals surface area contributed by atoms with E-state index in [2.05, 4.69) is 33.1 Å². The van der Waals surface area contributed by atoms with Gasteiger partial charge in [0.2, 0.25) is 0 Å². The summed E-state index contributed by atoms with van der Waals surface area (Å²) in [5, 5.41) is 12.8. The van der Waals surface area contributed by atoms with E-state index < -0.39 is 9.84 Å². The van der Waals surface area contributed by atoms with Crippen molar-refractivity contribution < 1.29 is 8.42 Å². The number of fused-ring (bicyclic) bond motifs is 1. The third kappa shape index (κ3) is 3.52. The Morgan fingerprint density at radius 2 is 1.82 bits per heavy atom. The highest BCUT2D eigenvalue weighted by Crippen LogP contribution is 2.26. The van der Waals surface area contributed by atoms with E-state index in [1.807, 2.05) is 18.2 Å². The van der Waals surface area contributed by atoms with E-state index in [1.54, 1.807) is 40.7 Å². The second-order valence-electron chi connectivity index (χ2n) is 6.19. The largest absolute Gasteiger partial charge is 0.319 e. The molecule has 0 aliphatic carbocycles. The third-order valence-electron chi connectivity index (χ3n) is 4.31. The summed E-state index contributed by atoms with van der Waals surface area (Å²) in [5.74, 6) is 1.19. The minimum Gasteiger partial charge on any atom is -0.319 e. The smallest absolute Gasteiger partial charge is 0.175 e. The van der Waals surface area contributed by atoms with E-state index in [4.69, 9.17) is 4.98 Å². The van der Waals surface area contributed by atoms with Crippen LogP contribution in [0.15, 0.2) is 58.6 Å². The molecule has 0 aliphatic heterocycles. The Morgan fingerprint density at radius 1 is 1.07 bits per heavy atom. The van der Waals surface area contributed by atoms with Crippen molar-refractivity contribution in [1.29, 1.82) is 0 Å². The number of thioether (sulfide) groups is 1. The average molecular weight is 415 g/mol. The second kappa shape index (κ2) is 7.36. The van der Waals surface area contributed by atoms with Crippen LogP contribution in [0.25, 0.3) is 16.7 Å². The van der Waals surface area contributed by atoms with Crippen LogP contribution in [-0.4, -0.2) is 44.4 Å². The highest BCUT2D eigenvalue weighted by atomic mass is 32.2. The van der Waals surface area contributed by atoms with Crippen LogP contribution in [0.1, 0.15) is 12.7 Å². The first-order valence-corrected chi connectivity index (χ1v) is 11.5. The van der Waals surface area contributed by atoms with Gasteiger partial charge in [-0.15, -0.1) is 5.10 Å². The Balaban J connectivity index is 1.59. The summed E-state index contributed by atoms with van der Waals surface area (Å²) in [7, 11) is -3.24. The normalized spacial score (nSPS) is 11.9. The maximum atomic E-state index is 11.6. The summed E-state index contributed by atoms with van der Waals surface area (Å²) in [4.78, 5) is 4.97. The standard InChI is InChI=1S/C18H18N6O2S2/c1-3-23-16-7-5-4-6-15(16)19-18(23)27-12-17-20-21-22-24(17)13-8-10-14(11-9-13)28(2,25)26/h4-11H,3,12H2,1-2H3. The van der Waals surface area contributed by atoms with Gasteiger partial charge in [-0.2, -0.15) is 4.68 Å². The minimum absolute atomic E-state index is 0.261. The van der Waals surface area contributed by atoms with E-state index in [0.29, 0.717) is 17.3 Å². The van der Waals surface area contributed by atoms with Gasteiger partial charge in [-0.1, -0.05) is 23.9 Å². The van der Waals surface area contributed by atoms with Gasteiger partial charge in [0.05, 0.1) is 27.4 Å². The summed E-state index contributed by atoms with van der Waals surface area (Å²) in [6.07, 6.45) is 1.18. The molecule has 28 heavy (non-hydrogen) atoms. The fraction of sp³-hybridized carbons (Fsp3) is 0.222. The number of tetrazole rings is 1. The lowest BCUT2D eigenvalue weighted by molar-refractivity contribution is 0.602. The quantitative estimate of drug-likeness (QED) is 0.448. The number of imidazole rings is 1. The Bertz CT molecular complexity index is 1230. The summed E-state index contributed by atoms with van der Waals surface area (Å²) >= 11 is 1.56. The number of hydrogen-bond donors (Lipinski definition) is 0. The average Bonchev–Trinajstić information content (AvgIpc) is 3.29. The molecule has 0 N–H and O–H groups in total. The van der Waals surface area contributed by atoms with Gasteiger partial charge in [0.25, 0.3) is 0 Å². The van der Waals surface area contributed by atoms with Gasteiger partial charge in [-0.3, -0.25) is 0 Å². The summed E-state index contributed by atoms with van der Waals surface area (Å²) in [6.45, 7) is 2.91. The van der Waals surface area contributed by atoms with E-state index in [1.165, 1.54) is 6.26 Å². The molecule has 0 atom stereocenters. The van der Waals surface area contributed by atoms with Crippen molar-refractivity contribution in [1.82, 2.24) is 29.8 Å². The second-order valence-corrected chi connectivity index (χ2v) is 9.15. The molecule has 0 fully saturated rings. The van der Waals surface area contributed by atoms with Gasteiger partial charge >= 0.3 is 0 Å². The molecular weight excluding hydrogens is 396 g/mol. The zero-order valence-corrected chi connectivity index (χ0v) is 17.0. The third-order valence-corrected chi connectivity index (χ3v) is 6.41. The lowest BCUT2D eigenvalue weighted by Gasteiger charge is -2.07. The van der Waals surface area contributed by atoms with Crippen molar-refractivity contribution in [2.75, 3.05) is 6.26 Å². The van der Waals surface area contributed by atoms with Crippen LogP contribution in [0.2, 0.25) is 0 Å². The maximum absolute atomic E-state index is 11.6. The fourth-order valence-corrected chi connectivity index (χ4v) is 4.54. The Kier molecular flexibility index (Phi) is 4.90. The number of benzene rings is 2. The van der Waals surface area contributed by atoms with Gasteiger partial charge in [0.15, 0.2) is 20.8 Å². The van der Waals surface area contributed by atoms with Crippen molar-refractivity contribution in [3.05, 3.63) is 54.4 Å². The van der Waals surface area contributed by atoms with E-state index in [-0.39, 0.29) is 4.90 Å². The molecule has 0 spiro atoms. The molecule has 0 aliphatic rings. The molecule has 0 amide bonds. The lowest BCUT2D eigenvalue weighted by atomic mass is 10.3. The van der Waals surface area contributed by atoms with Gasteiger partial charge in [-0.05, 0) is 53.7 Å². The summed E-state index contributed by atoms with van der Waals surface area (Å²) < 4.78 is 27.0. The van der Waals surface area contributed by atoms with Crippen LogP contribution < -0.4 is 0 Å². The van der Waals surface area contributed by atoms with Gasteiger partial charge in [0, 0.05) is 12.8 Å². The Labute approximate surface area is 166 Å². The molecule has 10 heteroatoms. The number of para-hydroxylation sites is 2. The number of hydrogen-bond acceptors (Lipinski definition) is 7. The van der Waals surface area contributed by atoms with Crippen LogP contribution >= 0.6 is 11.8 Å². The van der Waals surface area contributed by atoms with Gasteiger partial charge in [0.1, 0.15) is 0 Å². The first kappa shape index (κ1) is 18.6. The molecular formula is C18H18N6O2S2. The van der Waals surface area contributed by atoms with Crippen molar-refractivity contribution in [2.24, 2.45) is 0 Å². The van der Waals surface area contributed by atoms with Crippen LogP contribution in [0.3, 0.4) is 0 Å². The number of rotatable bonds is 6. The molecule has 2 aromatic heterocycles. The van der Waals surface area contributed by atoms with Crippen LogP contribution in [-0.2, 0) is 22.1 Å². The molecule has 4 rings (SSSR count). The molecule has 8 nitrogen and oxygen atoms in total. The van der Waals surface area contributed by atoms with Crippen molar-refractivity contribution in [3.8, 4) is 5.69 Å². The molecule has 0 saturated heterocycles. The Morgan fingerprint density at radius 3 is 2.54 bits per heavy atom. The molecule has 0 radical (unpaired) electrons. The predicted octanol–water partition coefficient (Wildman–Crippen LogP) is 2.73. The van der Waals surface area contributed by atoms with Crippen LogP contribution in [0.4, 0.5) is 0 Å². The van der Waals surface area contributed by atoms with E-state index >= 15 is 0 Å². The van der Waals surface area contributed by atoms with E-state index in [0.717, 1.165) is 22.7 Å². The molecule has 0 bridgehead atoms. The lowest BCUT2D eigenvalue weighted by Crippen LogP contribution is -2.04. The van der Waals surface area contributed by atoms with Gasteiger partial charge < -0.3 is 4.57 Å². The fourth-order valence-electron chi connectivity index (χ4n) is 2.93. The first-order valence-electron chi connectivity index (χ1n) is 8.63. The maximum Gasteiger partial charge on any atom is 0.175 e. The van der Waals surface area contributed by atoms with Crippen LogP contribution in [0.5, 0.6) is 0 Å². The highest BCUT2D eigenvalue weighted by molar-refractivity contribution is 7.98. The molecule has 0 saturated carbocycles. The number of aromatic nitrogens is 6. The monoisotopic (exact) mass is 414 g/mol. The molecule has 2 aromatic carbocycles. The number of sulfone groups is 1. The predicted molar refractivity (Wildman–Crippen MR) is 107 cm³/mol. The number of nitrogens with zero attached hydrogens (tertiary/aromatic N) is 6. The first-order chi connectivity index (χ1) is 13.5. The van der Waals surface area contributed by atoms with Crippen LogP contribution in [0, 0.1) is 0 Å². The topological polar surface area (TPSA) is 95.6 Å². The SMILES string of the molecule is CCn1c(SCc2nnnn2-c2ccc(S(C)(=O)=O)cc2)nc2ccccc21. The minimum atomic E-state index is -3.24. The molecule has 2 heterocycles. The summed E-state index contributed by atoms with van der Waals surface area (Å²) in [6, 6.07) is 14.5. The molecule has 4 aromatic rings. The van der Waals surface area contributed by atoms with Crippen molar-refractivity contribution >= 4 is 32.6 Å². The van der Waals surface area contributed by atoms with Gasteiger partial charge in [-0.25, -0.2) is 13.4 Å². The molecule has 144 valence electrons. The highest BCUT2D eigenvalue weighted by Gasteiger charge is 2.14. The zero-order valence-electron chi connectivity index (χ0n) is 15.3. The number of aryl methyl sites for hydroxylation is 1. The molecule has 0 unspecified atom stereocenters. The van der Waals surface area contributed by atoms with Crippen molar-refractivity contribution in [3.63, 3.8) is 0 Å². The Hall–Kier alpha value is -2.72. The summed E-state index contributed by atoms with van der Waals surface area (Å²) in [5.41, 5.74) is 2.77. The van der Waals surface area contributed by atoms with E-state index in [9.17, 15) is 8.42 Å². The van der Waals surface area contributed by atoms with Crippen molar-refractivity contribution in [2.45, 2.75) is 29.3 Å². The zero-order chi connectivity index (χ0) is 19.7.